The van der Waals surface area contributed by atoms with Crippen LogP contribution in [0.2, 0.25) is 0 Å². The zero-order valence-corrected chi connectivity index (χ0v) is 5.53. The molecule has 0 spiro atoms. The smallest absolute Gasteiger partial charge is 0.0625 e. The minimum atomic E-state index is 0.560. The molecule has 0 aliphatic rings. The summed E-state index contributed by atoms with van der Waals surface area (Å²) in [7, 11) is 0. The Morgan fingerprint density at radius 1 is 1.86 bits per heavy atom. The van der Waals surface area contributed by atoms with Crippen LogP contribution in [0, 0.1) is 11.3 Å². The molecule has 38 valence electrons. The average molecular weight is 160 g/mol. The molecule has 0 unspecified atom stereocenters. The zero-order chi connectivity index (χ0) is 5.70. The molecule has 1 nitrogen and oxygen atoms in total. The maximum absolute atomic E-state index is 8.00. The van der Waals surface area contributed by atoms with E-state index >= 15 is 0 Å². The summed E-state index contributed by atoms with van der Waals surface area (Å²) in [5.74, 6) is 0. The highest BCUT2D eigenvalue weighted by Gasteiger charge is 1.82. The van der Waals surface area contributed by atoms with Gasteiger partial charge in [-0.1, -0.05) is 22.5 Å². The second kappa shape index (κ2) is 3.89. The molecule has 0 aromatic rings. The van der Waals surface area contributed by atoms with Gasteiger partial charge in [-0.05, 0) is 10.9 Å². The Kier molecular flexibility index (Phi) is 3.72. The Morgan fingerprint density at radius 3 is 2.57 bits per heavy atom. The van der Waals surface area contributed by atoms with E-state index in [9.17, 15) is 0 Å². The molecule has 7 heavy (non-hydrogen) atoms. The second-order valence-corrected chi connectivity index (χ2v) is 2.30. The van der Waals surface area contributed by atoms with Gasteiger partial charge in [0.15, 0.2) is 0 Å². The van der Waals surface area contributed by atoms with Crippen molar-refractivity contribution >= 4 is 15.9 Å². The first kappa shape index (κ1) is 6.71. The van der Waals surface area contributed by atoms with E-state index in [4.69, 9.17) is 5.26 Å². The molecule has 0 aromatic carbocycles. The fourth-order valence-corrected chi connectivity index (χ4v) is 0.390. The van der Waals surface area contributed by atoms with Crippen molar-refractivity contribution < 1.29 is 0 Å². The Bertz CT molecular complexity index is 101. The molecular formula is C5H6BrN. The molecule has 0 rings (SSSR count). The highest BCUT2D eigenvalue weighted by atomic mass is 79.9. The third-order valence-corrected chi connectivity index (χ3v) is 0.905. The summed E-state index contributed by atoms with van der Waals surface area (Å²) < 4.78 is 0.897. The molecule has 0 bridgehead atoms. The van der Waals surface area contributed by atoms with Gasteiger partial charge in [-0.3, -0.25) is 0 Å². The largest absolute Gasteiger partial charge is 0.198 e. The highest BCUT2D eigenvalue weighted by molar-refractivity contribution is 9.11. The van der Waals surface area contributed by atoms with Crippen molar-refractivity contribution in [3.05, 3.63) is 11.1 Å². The maximum atomic E-state index is 8.00. The van der Waals surface area contributed by atoms with Crippen LogP contribution in [0.25, 0.3) is 0 Å². The molecule has 0 N–H and O–H groups in total. The lowest BCUT2D eigenvalue weighted by Gasteiger charge is -1.83. The minimum Gasteiger partial charge on any atom is -0.198 e. The number of hydrogen-bond donors (Lipinski definition) is 0. The summed E-state index contributed by atoms with van der Waals surface area (Å²) >= 11 is 3.13. The van der Waals surface area contributed by atoms with Crippen LogP contribution in [-0.4, -0.2) is 0 Å². The van der Waals surface area contributed by atoms with E-state index in [0.717, 1.165) is 10.9 Å². The molecule has 0 aromatic heterocycles. The molecule has 0 saturated heterocycles. The fourth-order valence-electron chi connectivity index (χ4n) is 0.192. The third-order valence-electron chi connectivity index (χ3n) is 0.508. The van der Waals surface area contributed by atoms with E-state index in [0.29, 0.717) is 6.42 Å². The number of hydrogen-bond acceptors (Lipinski definition) is 1. The number of nitrogens with zero attached hydrogens (tertiary/aromatic N) is 1. The molecular weight excluding hydrogens is 154 g/mol. The summed E-state index contributed by atoms with van der Waals surface area (Å²) in [6, 6.07) is 2.01. The van der Waals surface area contributed by atoms with Crippen LogP contribution >= 0.6 is 15.9 Å². The second-order valence-electron chi connectivity index (χ2n) is 1.18. The predicted octanol–water partition coefficient (Wildman–Crippen LogP) is 2.20. The summed E-state index contributed by atoms with van der Waals surface area (Å²) in [6.07, 6.45) is 1.32. The lowest BCUT2D eigenvalue weighted by molar-refractivity contribution is 1.05. The summed E-state index contributed by atoms with van der Waals surface area (Å²) in [6.45, 7) is 3.56. The SMILES string of the molecule is C=C(Br)CCC#N. The number of nitriles is 1. The molecule has 0 heterocycles. The van der Waals surface area contributed by atoms with Crippen molar-refractivity contribution in [2.75, 3.05) is 0 Å². The molecule has 0 atom stereocenters. The molecule has 0 aliphatic carbocycles. The average Bonchev–Trinajstić information content (AvgIpc) is 1.61. The van der Waals surface area contributed by atoms with Crippen molar-refractivity contribution in [3.63, 3.8) is 0 Å². The molecule has 0 fully saturated rings. The van der Waals surface area contributed by atoms with Gasteiger partial charge >= 0.3 is 0 Å². The molecule has 0 saturated carbocycles. The predicted molar refractivity (Wildman–Crippen MR) is 32.9 cm³/mol. The fraction of sp³-hybridized carbons (Fsp3) is 0.400. The van der Waals surface area contributed by atoms with E-state index in [-0.39, 0.29) is 0 Å². The monoisotopic (exact) mass is 159 g/mol. The molecule has 2 heteroatoms. The minimum absolute atomic E-state index is 0.560. The Labute approximate surface area is 51.8 Å². The first-order chi connectivity index (χ1) is 3.27. The van der Waals surface area contributed by atoms with Gasteiger partial charge in [-0.15, -0.1) is 0 Å². The van der Waals surface area contributed by atoms with Gasteiger partial charge < -0.3 is 0 Å². The first-order valence-electron chi connectivity index (χ1n) is 1.97. The number of halogens is 1. The summed E-state index contributed by atoms with van der Waals surface area (Å²) in [5.41, 5.74) is 0. The molecule has 0 aliphatic heterocycles. The molecule has 0 amide bonds. The van der Waals surface area contributed by atoms with Crippen molar-refractivity contribution in [2.45, 2.75) is 12.8 Å². The summed E-state index contributed by atoms with van der Waals surface area (Å²) in [4.78, 5) is 0. The van der Waals surface area contributed by atoms with Crippen LogP contribution < -0.4 is 0 Å². The van der Waals surface area contributed by atoms with Crippen molar-refractivity contribution in [1.82, 2.24) is 0 Å². The quantitative estimate of drug-likeness (QED) is 0.607. The van der Waals surface area contributed by atoms with E-state index in [1.54, 1.807) is 0 Å². The topological polar surface area (TPSA) is 23.8 Å². The van der Waals surface area contributed by atoms with E-state index in [2.05, 4.69) is 22.5 Å². The standard InChI is InChI=1S/C5H6BrN/c1-5(6)3-2-4-7/h1-3H2. The zero-order valence-electron chi connectivity index (χ0n) is 3.95. The van der Waals surface area contributed by atoms with Crippen molar-refractivity contribution in [2.24, 2.45) is 0 Å². The third kappa shape index (κ3) is 5.71. The van der Waals surface area contributed by atoms with Crippen LogP contribution in [0.1, 0.15) is 12.8 Å². The van der Waals surface area contributed by atoms with Gasteiger partial charge in [0.1, 0.15) is 0 Å². The molecule has 0 radical (unpaired) electrons. The maximum Gasteiger partial charge on any atom is 0.0625 e. The van der Waals surface area contributed by atoms with Gasteiger partial charge in [0.25, 0.3) is 0 Å². The van der Waals surface area contributed by atoms with Gasteiger partial charge in [-0.25, -0.2) is 0 Å². The lowest BCUT2D eigenvalue weighted by atomic mass is 10.3. The normalized spacial score (nSPS) is 7.43. The van der Waals surface area contributed by atoms with E-state index < -0.39 is 0 Å². The van der Waals surface area contributed by atoms with Crippen LogP contribution in [-0.2, 0) is 0 Å². The van der Waals surface area contributed by atoms with Crippen molar-refractivity contribution in [1.29, 1.82) is 5.26 Å². The van der Waals surface area contributed by atoms with Crippen LogP contribution in [0.4, 0.5) is 0 Å². The van der Waals surface area contributed by atoms with Gasteiger partial charge in [0.2, 0.25) is 0 Å². The Morgan fingerprint density at radius 2 is 2.43 bits per heavy atom. The number of allylic oxidation sites excluding steroid dienone is 1. The lowest BCUT2D eigenvalue weighted by Crippen LogP contribution is -1.65. The Hall–Kier alpha value is -0.290. The van der Waals surface area contributed by atoms with Gasteiger partial charge in [0.05, 0.1) is 6.07 Å². The van der Waals surface area contributed by atoms with Gasteiger partial charge in [-0.2, -0.15) is 5.26 Å². The van der Waals surface area contributed by atoms with Crippen molar-refractivity contribution in [3.8, 4) is 6.07 Å². The van der Waals surface area contributed by atoms with E-state index in [1.165, 1.54) is 0 Å². The van der Waals surface area contributed by atoms with Crippen LogP contribution in [0.15, 0.2) is 11.1 Å². The number of rotatable bonds is 2. The van der Waals surface area contributed by atoms with Crippen LogP contribution in [0.5, 0.6) is 0 Å². The summed E-state index contributed by atoms with van der Waals surface area (Å²) in [5, 5.41) is 8.00. The van der Waals surface area contributed by atoms with E-state index in [1.807, 2.05) is 6.07 Å². The Balaban J connectivity index is 3.02. The first-order valence-corrected chi connectivity index (χ1v) is 2.77. The van der Waals surface area contributed by atoms with Crippen LogP contribution in [0.3, 0.4) is 0 Å². The highest BCUT2D eigenvalue weighted by Crippen LogP contribution is 2.07. The van der Waals surface area contributed by atoms with Gasteiger partial charge in [0, 0.05) is 6.42 Å².